The Balaban J connectivity index is 1.72. The van der Waals surface area contributed by atoms with Gasteiger partial charge >= 0.3 is 0 Å². The van der Waals surface area contributed by atoms with E-state index in [4.69, 9.17) is 0 Å². The van der Waals surface area contributed by atoms with Crippen molar-refractivity contribution in [2.75, 3.05) is 12.3 Å². The fourth-order valence-corrected chi connectivity index (χ4v) is 4.34. The molecule has 2 aliphatic heterocycles. The number of piperidine rings is 1. The first-order valence-electron chi connectivity index (χ1n) is 8.61. The highest BCUT2D eigenvalue weighted by Crippen LogP contribution is 2.32. The second-order valence-corrected chi connectivity index (χ2v) is 7.85. The molecule has 6 nitrogen and oxygen atoms in total. The SMILES string of the molecule is CC(C)C(=O)N[C@H]1CN2C(=NCc3ccccc3)SC[C@@H]2[C@@H](O)[C@@H]1O. The molecule has 0 radical (unpaired) electrons. The van der Waals surface area contributed by atoms with Crippen LogP contribution in [0.4, 0.5) is 0 Å². The third-order valence-corrected chi connectivity index (χ3v) is 5.80. The van der Waals surface area contributed by atoms with Crippen molar-refractivity contribution in [2.24, 2.45) is 10.9 Å². The van der Waals surface area contributed by atoms with Crippen molar-refractivity contribution in [3.8, 4) is 0 Å². The fraction of sp³-hybridized carbons (Fsp3) is 0.556. The largest absolute Gasteiger partial charge is 0.388 e. The molecule has 0 unspecified atom stereocenters. The Bertz CT molecular complexity index is 638. The summed E-state index contributed by atoms with van der Waals surface area (Å²) in [6.07, 6.45) is -1.86. The van der Waals surface area contributed by atoms with Crippen LogP contribution in [-0.2, 0) is 11.3 Å². The molecule has 3 rings (SSSR count). The second kappa shape index (κ2) is 7.76. The summed E-state index contributed by atoms with van der Waals surface area (Å²) in [5, 5.41) is 24.5. The summed E-state index contributed by atoms with van der Waals surface area (Å²) in [4.78, 5) is 18.7. The van der Waals surface area contributed by atoms with Crippen LogP contribution >= 0.6 is 11.8 Å². The monoisotopic (exact) mass is 363 g/mol. The van der Waals surface area contributed by atoms with Crippen LogP contribution in [0.5, 0.6) is 0 Å². The predicted octanol–water partition coefficient (Wildman–Crippen LogP) is 0.836. The van der Waals surface area contributed by atoms with Crippen LogP contribution in [0.25, 0.3) is 0 Å². The molecular formula is C18H25N3O3S. The zero-order valence-corrected chi connectivity index (χ0v) is 15.3. The van der Waals surface area contributed by atoms with Crippen LogP contribution in [0.15, 0.2) is 35.3 Å². The maximum Gasteiger partial charge on any atom is 0.222 e. The molecule has 2 saturated heterocycles. The summed E-state index contributed by atoms with van der Waals surface area (Å²) in [6, 6.07) is 9.34. The number of nitrogens with one attached hydrogen (secondary N) is 1. The van der Waals surface area contributed by atoms with Gasteiger partial charge in [-0.15, -0.1) is 0 Å². The van der Waals surface area contributed by atoms with Gasteiger partial charge in [-0.2, -0.15) is 0 Å². The molecule has 0 spiro atoms. The molecule has 1 aromatic carbocycles. The molecule has 2 fully saturated rings. The highest BCUT2D eigenvalue weighted by Gasteiger charge is 2.47. The van der Waals surface area contributed by atoms with Gasteiger partial charge in [-0.05, 0) is 5.56 Å². The molecule has 1 amide bonds. The van der Waals surface area contributed by atoms with Crippen LogP contribution in [0.2, 0.25) is 0 Å². The van der Waals surface area contributed by atoms with E-state index in [2.05, 4.69) is 10.3 Å². The molecule has 0 saturated carbocycles. The van der Waals surface area contributed by atoms with Crippen LogP contribution in [0.1, 0.15) is 19.4 Å². The molecule has 0 aromatic heterocycles. The minimum Gasteiger partial charge on any atom is -0.388 e. The standard InChI is InChI=1S/C18H25N3O3S/c1-11(2)17(24)20-13-9-21-14(16(23)15(13)22)10-25-18(21)19-8-12-6-4-3-5-7-12/h3-7,11,13-16,22-23H,8-10H2,1-2H3,(H,20,24)/t13-,14+,15+,16+/m0/s1. The number of hydrogen-bond acceptors (Lipinski definition) is 5. The van der Waals surface area contributed by atoms with Gasteiger partial charge in [0.05, 0.1) is 18.6 Å². The molecule has 7 heteroatoms. The van der Waals surface area contributed by atoms with Gasteiger partial charge in [0.1, 0.15) is 12.2 Å². The van der Waals surface area contributed by atoms with Crippen molar-refractivity contribution in [1.29, 1.82) is 0 Å². The summed E-state index contributed by atoms with van der Waals surface area (Å²) in [6.45, 7) is 4.65. The van der Waals surface area contributed by atoms with Crippen LogP contribution in [-0.4, -0.2) is 62.8 Å². The van der Waals surface area contributed by atoms with Crippen molar-refractivity contribution < 1.29 is 15.0 Å². The van der Waals surface area contributed by atoms with Gasteiger partial charge in [0.15, 0.2) is 5.17 Å². The first kappa shape index (κ1) is 18.2. The molecular weight excluding hydrogens is 338 g/mol. The van der Waals surface area contributed by atoms with Gasteiger partial charge in [-0.3, -0.25) is 9.79 Å². The minimum absolute atomic E-state index is 0.121. The van der Waals surface area contributed by atoms with Gasteiger partial charge < -0.3 is 20.4 Å². The van der Waals surface area contributed by atoms with E-state index in [0.29, 0.717) is 18.8 Å². The van der Waals surface area contributed by atoms with E-state index in [0.717, 1.165) is 10.7 Å². The second-order valence-electron chi connectivity index (χ2n) is 6.87. The van der Waals surface area contributed by atoms with E-state index in [1.54, 1.807) is 11.8 Å². The fourth-order valence-electron chi connectivity index (χ4n) is 3.12. The summed E-state index contributed by atoms with van der Waals surface area (Å²) in [5.74, 6) is 0.405. The quantitative estimate of drug-likeness (QED) is 0.738. The number of hydrogen-bond donors (Lipinski definition) is 3. The van der Waals surface area contributed by atoms with E-state index in [-0.39, 0.29) is 17.9 Å². The van der Waals surface area contributed by atoms with E-state index < -0.39 is 18.2 Å². The number of carbonyl (C=O) groups is 1. The maximum absolute atomic E-state index is 12.0. The minimum atomic E-state index is -0.960. The molecule has 1 aromatic rings. The number of nitrogens with zero attached hydrogens (tertiary/aromatic N) is 2. The molecule has 2 heterocycles. The molecule has 25 heavy (non-hydrogen) atoms. The highest BCUT2D eigenvalue weighted by atomic mass is 32.2. The molecule has 136 valence electrons. The normalized spacial score (nSPS) is 30.6. The Morgan fingerprint density at radius 3 is 2.72 bits per heavy atom. The lowest BCUT2D eigenvalue weighted by Gasteiger charge is -2.42. The van der Waals surface area contributed by atoms with Gasteiger partial charge in [0, 0.05) is 18.2 Å². The van der Waals surface area contributed by atoms with Crippen LogP contribution < -0.4 is 5.32 Å². The van der Waals surface area contributed by atoms with Crippen molar-refractivity contribution in [3.05, 3.63) is 35.9 Å². The van der Waals surface area contributed by atoms with E-state index >= 15 is 0 Å². The maximum atomic E-state index is 12.0. The Hall–Kier alpha value is -1.57. The molecule has 4 atom stereocenters. The van der Waals surface area contributed by atoms with Crippen molar-refractivity contribution in [1.82, 2.24) is 10.2 Å². The number of amidine groups is 1. The van der Waals surface area contributed by atoms with Crippen molar-refractivity contribution in [2.45, 2.75) is 44.7 Å². The van der Waals surface area contributed by atoms with E-state index in [1.165, 1.54) is 0 Å². The summed E-state index contributed by atoms with van der Waals surface area (Å²) in [7, 11) is 0. The third-order valence-electron chi connectivity index (χ3n) is 4.67. The average Bonchev–Trinajstić information content (AvgIpc) is 3.01. The zero-order valence-electron chi connectivity index (χ0n) is 14.5. The molecule has 0 aliphatic carbocycles. The lowest BCUT2D eigenvalue weighted by molar-refractivity contribution is -0.128. The summed E-state index contributed by atoms with van der Waals surface area (Å²) < 4.78 is 0. The number of thioether (sulfide) groups is 1. The zero-order chi connectivity index (χ0) is 18.0. The average molecular weight is 363 g/mol. The number of carbonyl (C=O) groups excluding carboxylic acids is 1. The topological polar surface area (TPSA) is 85.2 Å². The van der Waals surface area contributed by atoms with E-state index in [1.807, 2.05) is 49.1 Å². The number of rotatable bonds is 4. The smallest absolute Gasteiger partial charge is 0.222 e. The number of benzene rings is 1. The Morgan fingerprint density at radius 1 is 1.32 bits per heavy atom. The van der Waals surface area contributed by atoms with Gasteiger partial charge in [0.25, 0.3) is 0 Å². The van der Waals surface area contributed by atoms with E-state index in [9.17, 15) is 15.0 Å². The number of aliphatic imine (C=N–C) groups is 1. The molecule has 0 bridgehead atoms. The Morgan fingerprint density at radius 2 is 2.04 bits per heavy atom. The first-order chi connectivity index (χ1) is 12.0. The molecule has 3 N–H and O–H groups in total. The summed E-state index contributed by atoms with van der Waals surface area (Å²) >= 11 is 1.59. The summed E-state index contributed by atoms with van der Waals surface area (Å²) in [5.41, 5.74) is 1.13. The van der Waals surface area contributed by atoms with Gasteiger partial charge in [0.2, 0.25) is 5.91 Å². The number of aliphatic hydroxyl groups is 2. The predicted molar refractivity (Wildman–Crippen MR) is 99.3 cm³/mol. The van der Waals surface area contributed by atoms with Crippen LogP contribution in [0, 0.1) is 5.92 Å². The first-order valence-corrected chi connectivity index (χ1v) is 9.60. The number of aliphatic hydroxyl groups excluding tert-OH is 2. The Labute approximate surface area is 152 Å². The van der Waals surface area contributed by atoms with Crippen LogP contribution in [0.3, 0.4) is 0 Å². The lowest BCUT2D eigenvalue weighted by Crippen LogP contribution is -2.65. The lowest BCUT2D eigenvalue weighted by atomic mass is 9.93. The third kappa shape index (κ3) is 3.99. The Kier molecular flexibility index (Phi) is 5.66. The highest BCUT2D eigenvalue weighted by molar-refractivity contribution is 8.14. The number of amides is 1. The van der Waals surface area contributed by atoms with Crippen molar-refractivity contribution in [3.63, 3.8) is 0 Å². The van der Waals surface area contributed by atoms with Gasteiger partial charge in [-0.25, -0.2) is 0 Å². The number of fused-ring (bicyclic) bond motifs is 1. The van der Waals surface area contributed by atoms with Gasteiger partial charge in [-0.1, -0.05) is 55.9 Å². The molecule has 2 aliphatic rings. The van der Waals surface area contributed by atoms with Crippen molar-refractivity contribution >= 4 is 22.8 Å².